The maximum Gasteiger partial charge on any atom is 0.478 e. The van der Waals surface area contributed by atoms with Gasteiger partial charge < -0.3 is 19.6 Å². The Morgan fingerprint density at radius 3 is 1.09 bits per heavy atom. The molecule has 0 aliphatic heterocycles. The molecular weight excluding hydrogens is 253 g/mol. The first-order valence-corrected chi connectivity index (χ1v) is 4.59. The van der Waals surface area contributed by atoms with E-state index in [0.29, 0.717) is 0 Å². The van der Waals surface area contributed by atoms with Gasteiger partial charge in [-0.1, -0.05) is 0 Å². The van der Waals surface area contributed by atoms with Gasteiger partial charge in [-0.25, -0.2) is 9.13 Å². The zero-order valence-corrected chi connectivity index (χ0v) is 7.26. The van der Waals surface area contributed by atoms with Crippen molar-refractivity contribution in [3.63, 3.8) is 0 Å². The smallest absolute Gasteiger partial charge is 0.302 e. The van der Waals surface area contributed by atoms with Crippen molar-refractivity contribution in [1.29, 1.82) is 0 Å². The van der Waals surface area contributed by atoms with Gasteiger partial charge in [-0.3, -0.25) is 0 Å². The van der Waals surface area contributed by atoms with E-state index in [-0.39, 0.29) is 40.1 Å². The summed E-state index contributed by atoms with van der Waals surface area (Å²) >= 11 is 0. The first-order valence-electron chi connectivity index (χ1n) is 1.53. The normalized spacial score (nSPS) is 11.3. The van der Waals surface area contributed by atoms with Crippen LogP contribution < -0.4 is 0 Å². The molecule has 0 aliphatic carbocycles. The maximum atomic E-state index is 9.63. The average Bonchev–Trinajstić information content (AvgIpc) is 1.14. The molecule has 11 heteroatoms. The van der Waals surface area contributed by atoms with E-state index in [1.54, 1.807) is 0 Å². The van der Waals surface area contributed by atoms with Crippen molar-refractivity contribution in [3.8, 4) is 0 Å². The molecule has 0 rings (SSSR count). The van der Waals surface area contributed by atoms with Crippen molar-refractivity contribution >= 4 is 38.7 Å². The zero-order chi connectivity index (χ0) is 7.71. The van der Waals surface area contributed by atoms with Crippen LogP contribution in [0.25, 0.3) is 0 Å². The van der Waals surface area contributed by atoms with Crippen LogP contribution in [0.4, 0.5) is 0 Å². The minimum atomic E-state index is -5.05. The van der Waals surface area contributed by atoms with Gasteiger partial charge >= 0.3 is 38.7 Å². The maximum absolute atomic E-state index is 9.63. The van der Waals surface area contributed by atoms with Gasteiger partial charge in [0.25, 0.3) is 0 Å². The first-order chi connectivity index (χ1) is 3.71. The topological polar surface area (TPSA) is 124 Å². The molecule has 67 valence electrons. The predicted octanol–water partition coefficient (Wildman–Crippen LogP) is -1.73. The molecule has 1 radical (unpaired) electrons. The van der Waals surface area contributed by atoms with Gasteiger partial charge in [0.05, 0.1) is 0 Å². The molecule has 0 aromatic heterocycles. The second kappa shape index (κ2) is 6.07. The van der Waals surface area contributed by atoms with E-state index < -0.39 is 15.6 Å². The van der Waals surface area contributed by atoms with Crippen LogP contribution in [-0.4, -0.2) is 42.6 Å². The van der Waals surface area contributed by atoms with Gasteiger partial charge in [-0.2, -0.15) is 4.31 Å². The van der Waals surface area contributed by atoms with E-state index in [4.69, 9.17) is 19.6 Å². The second-order valence-corrected chi connectivity index (χ2v) is 3.68. The van der Waals surface area contributed by atoms with Gasteiger partial charge in [0.2, 0.25) is 0 Å². The number of rotatable bonds is 2. The van der Waals surface area contributed by atoms with Gasteiger partial charge in [-0.15, -0.1) is 0 Å². The van der Waals surface area contributed by atoms with Crippen LogP contribution in [-0.2, 0) is 30.5 Å². The zero-order valence-electron chi connectivity index (χ0n) is 4.29. The van der Waals surface area contributed by atoms with Gasteiger partial charge in [0, 0.05) is 17.1 Å². The summed E-state index contributed by atoms with van der Waals surface area (Å²) in [6.45, 7) is 0. The SMILES string of the molecule is O=P(O)(O)OP(=O)(O)O.[MgH2].[Mn]. The molecule has 0 amide bonds. The van der Waals surface area contributed by atoms with Crippen LogP contribution in [0.2, 0.25) is 0 Å². The third kappa shape index (κ3) is 18.5. The summed E-state index contributed by atoms with van der Waals surface area (Å²) in [7, 11) is -10.1. The van der Waals surface area contributed by atoms with E-state index >= 15 is 0 Å². The summed E-state index contributed by atoms with van der Waals surface area (Å²) in [6, 6.07) is 0. The Kier molecular flexibility index (Phi) is 10.1. The summed E-state index contributed by atoms with van der Waals surface area (Å²) in [4.78, 5) is 31.0. The molecule has 0 unspecified atom stereocenters. The van der Waals surface area contributed by atoms with Crippen LogP contribution in [0.5, 0.6) is 0 Å². The van der Waals surface area contributed by atoms with E-state index in [9.17, 15) is 9.13 Å². The standard InChI is InChI=1S/Mg.Mn.H4O7P2.2H/c;;1-8(2,3)7-9(4,5)6;;/h;;(H2,1,2,3)(H2,4,5,6);;. The predicted molar refractivity (Wildman–Crippen MR) is 33.7 cm³/mol. The summed E-state index contributed by atoms with van der Waals surface area (Å²) < 4.78 is 22.2. The van der Waals surface area contributed by atoms with E-state index in [2.05, 4.69) is 4.31 Å². The van der Waals surface area contributed by atoms with Crippen molar-refractivity contribution in [1.82, 2.24) is 0 Å². The average molecular weight is 259 g/mol. The fourth-order valence-corrected chi connectivity index (χ4v) is 1.25. The molecule has 4 N–H and O–H groups in total. The van der Waals surface area contributed by atoms with Gasteiger partial charge in [0.15, 0.2) is 0 Å². The van der Waals surface area contributed by atoms with Crippen molar-refractivity contribution in [2.24, 2.45) is 0 Å². The molecular formula is H6MgMnO7P2. The Morgan fingerprint density at radius 1 is 0.909 bits per heavy atom. The summed E-state index contributed by atoms with van der Waals surface area (Å²) in [5.41, 5.74) is 0. The van der Waals surface area contributed by atoms with E-state index in [0.717, 1.165) is 0 Å². The van der Waals surface area contributed by atoms with Crippen molar-refractivity contribution in [3.05, 3.63) is 0 Å². The third-order valence-electron chi connectivity index (χ3n) is 0.213. The van der Waals surface area contributed by atoms with Crippen LogP contribution in [0.15, 0.2) is 0 Å². The van der Waals surface area contributed by atoms with Crippen LogP contribution in [0.3, 0.4) is 0 Å². The Morgan fingerprint density at radius 2 is 1.09 bits per heavy atom. The molecule has 0 saturated heterocycles. The van der Waals surface area contributed by atoms with Gasteiger partial charge in [0.1, 0.15) is 0 Å². The second-order valence-electron chi connectivity index (χ2n) is 1.06. The minimum Gasteiger partial charge on any atom is -0.302 e. The summed E-state index contributed by atoms with van der Waals surface area (Å²) in [5, 5.41) is 0. The molecule has 0 aromatic carbocycles. The van der Waals surface area contributed by atoms with Crippen molar-refractivity contribution < 1.29 is 50.1 Å². The van der Waals surface area contributed by atoms with Gasteiger partial charge in [-0.05, 0) is 0 Å². The fourth-order valence-electron chi connectivity index (χ4n) is 0.139. The van der Waals surface area contributed by atoms with Crippen LogP contribution in [0.1, 0.15) is 0 Å². The van der Waals surface area contributed by atoms with Crippen LogP contribution >= 0.6 is 15.6 Å². The number of phosphoric acid groups is 2. The number of hydrogen-bond acceptors (Lipinski definition) is 3. The largest absolute Gasteiger partial charge is 0.478 e. The Labute approximate surface area is 88.6 Å². The van der Waals surface area contributed by atoms with E-state index in [1.165, 1.54) is 0 Å². The molecule has 0 spiro atoms. The fraction of sp³-hybridized carbons (Fsp3) is 0. The molecule has 0 saturated carbocycles. The van der Waals surface area contributed by atoms with E-state index in [1.807, 2.05) is 0 Å². The van der Waals surface area contributed by atoms with Crippen molar-refractivity contribution in [2.45, 2.75) is 0 Å². The quantitative estimate of drug-likeness (QED) is 0.343. The minimum absolute atomic E-state index is 0. The van der Waals surface area contributed by atoms with Crippen LogP contribution in [0, 0.1) is 0 Å². The first kappa shape index (κ1) is 18.4. The molecule has 0 bridgehead atoms. The molecule has 11 heavy (non-hydrogen) atoms. The molecule has 0 fully saturated rings. The van der Waals surface area contributed by atoms with Crippen molar-refractivity contribution in [2.75, 3.05) is 0 Å². The molecule has 0 atom stereocenters. The molecule has 0 aliphatic rings. The Balaban J connectivity index is -0.000000320. The molecule has 0 heterocycles. The molecule has 0 aromatic rings. The summed E-state index contributed by atoms with van der Waals surface area (Å²) in [6.07, 6.45) is 0. The Hall–Kier alpha value is 1.55. The monoisotopic (exact) mass is 259 g/mol. The Bertz CT molecular complexity index is 157. The summed E-state index contributed by atoms with van der Waals surface area (Å²) in [5.74, 6) is 0. The number of hydrogen-bond donors (Lipinski definition) is 4. The molecule has 7 nitrogen and oxygen atoms in total. The third-order valence-corrected chi connectivity index (χ3v) is 1.91.